The largest absolute Gasteiger partial charge is 0.497 e. The van der Waals surface area contributed by atoms with Gasteiger partial charge in [-0.1, -0.05) is 12.1 Å². The molecule has 30 heavy (non-hydrogen) atoms. The predicted octanol–water partition coefficient (Wildman–Crippen LogP) is 4.41. The van der Waals surface area contributed by atoms with Gasteiger partial charge in [-0.3, -0.25) is 14.9 Å². The van der Waals surface area contributed by atoms with Gasteiger partial charge in [0.2, 0.25) is 0 Å². The highest BCUT2D eigenvalue weighted by molar-refractivity contribution is 6.05. The van der Waals surface area contributed by atoms with Crippen LogP contribution in [0.5, 0.6) is 5.75 Å². The molecule has 0 bridgehead atoms. The fourth-order valence-corrected chi connectivity index (χ4v) is 3.03. The number of anilines is 1. The van der Waals surface area contributed by atoms with Gasteiger partial charge in [0.1, 0.15) is 17.4 Å². The van der Waals surface area contributed by atoms with Gasteiger partial charge in [-0.2, -0.15) is 5.26 Å². The van der Waals surface area contributed by atoms with Gasteiger partial charge in [-0.05, 0) is 49.2 Å². The fourth-order valence-electron chi connectivity index (χ4n) is 3.03. The van der Waals surface area contributed by atoms with Crippen LogP contribution in [0.3, 0.4) is 0 Å². The van der Waals surface area contributed by atoms with E-state index in [-0.39, 0.29) is 22.6 Å². The number of rotatable bonds is 5. The number of nitro groups is 1. The number of hydrogen-bond acceptors (Lipinski definition) is 6. The molecule has 1 heterocycles. The van der Waals surface area contributed by atoms with E-state index in [1.54, 1.807) is 26.2 Å². The van der Waals surface area contributed by atoms with Crippen molar-refractivity contribution in [1.82, 2.24) is 4.98 Å². The van der Waals surface area contributed by atoms with E-state index in [1.807, 2.05) is 19.1 Å². The second-order valence-electron chi connectivity index (χ2n) is 6.52. The van der Waals surface area contributed by atoms with E-state index in [2.05, 4.69) is 16.4 Å². The number of nitriles is 1. The Morgan fingerprint density at radius 2 is 1.77 bits per heavy atom. The molecule has 3 aromatic rings. The molecule has 0 radical (unpaired) electrons. The Kier molecular flexibility index (Phi) is 5.74. The maximum Gasteiger partial charge on any atom is 0.269 e. The number of hydrogen-bond donors (Lipinski definition) is 1. The van der Waals surface area contributed by atoms with E-state index >= 15 is 0 Å². The molecule has 2 aromatic carbocycles. The number of nitrogens with zero attached hydrogens (tertiary/aromatic N) is 3. The summed E-state index contributed by atoms with van der Waals surface area (Å²) in [5.74, 6) is 0.306. The lowest BCUT2D eigenvalue weighted by Crippen LogP contribution is -2.15. The zero-order valence-electron chi connectivity index (χ0n) is 16.6. The molecule has 0 spiro atoms. The third-order valence-electron chi connectivity index (χ3n) is 4.75. The van der Waals surface area contributed by atoms with Crippen LogP contribution in [0.4, 0.5) is 11.5 Å². The molecule has 8 heteroatoms. The summed E-state index contributed by atoms with van der Waals surface area (Å²) in [5.41, 5.74) is 3.29. The van der Waals surface area contributed by atoms with Crippen molar-refractivity contribution < 1.29 is 14.5 Å². The molecular weight excluding hydrogens is 384 g/mol. The van der Waals surface area contributed by atoms with Crippen molar-refractivity contribution in [2.75, 3.05) is 12.4 Å². The molecule has 1 N–H and O–H groups in total. The Balaban J connectivity index is 2.02. The summed E-state index contributed by atoms with van der Waals surface area (Å²) in [4.78, 5) is 27.3. The Morgan fingerprint density at radius 3 is 2.30 bits per heavy atom. The number of carbonyl (C=O) groups is 1. The van der Waals surface area contributed by atoms with Crippen molar-refractivity contribution in [2.45, 2.75) is 13.8 Å². The molecule has 3 rings (SSSR count). The highest BCUT2D eigenvalue weighted by Gasteiger charge is 2.19. The molecule has 0 unspecified atom stereocenters. The zero-order valence-corrected chi connectivity index (χ0v) is 16.6. The van der Waals surface area contributed by atoms with Crippen LogP contribution in [-0.2, 0) is 0 Å². The third kappa shape index (κ3) is 3.95. The Morgan fingerprint density at radius 1 is 1.13 bits per heavy atom. The van der Waals surface area contributed by atoms with Crippen LogP contribution >= 0.6 is 0 Å². The van der Waals surface area contributed by atoms with E-state index in [0.29, 0.717) is 17.0 Å². The second kappa shape index (κ2) is 8.41. The van der Waals surface area contributed by atoms with Gasteiger partial charge in [-0.25, -0.2) is 4.98 Å². The highest BCUT2D eigenvalue weighted by atomic mass is 16.6. The van der Waals surface area contributed by atoms with Crippen molar-refractivity contribution in [3.8, 4) is 22.9 Å². The standard InChI is InChI=1S/C22H18N4O4/c1-13-14(2)24-21(25-22(27)16-4-8-17(9-5-16)26(28)29)19(12-23)20(13)15-6-10-18(30-3)11-7-15/h4-11H,1-3H3,(H,24,25,27). The van der Waals surface area contributed by atoms with Gasteiger partial charge in [-0.15, -0.1) is 0 Å². The van der Waals surface area contributed by atoms with Crippen LogP contribution in [0, 0.1) is 35.3 Å². The Hall–Kier alpha value is -4.25. The van der Waals surface area contributed by atoms with E-state index in [4.69, 9.17) is 4.74 Å². The summed E-state index contributed by atoms with van der Waals surface area (Å²) >= 11 is 0. The first kappa shape index (κ1) is 20.5. The van der Waals surface area contributed by atoms with Crippen molar-refractivity contribution in [1.29, 1.82) is 5.26 Å². The molecule has 0 atom stereocenters. The van der Waals surface area contributed by atoms with E-state index in [9.17, 15) is 20.2 Å². The number of nitro benzene ring substituents is 1. The number of aryl methyl sites for hydroxylation is 1. The first-order valence-electron chi connectivity index (χ1n) is 8.97. The smallest absolute Gasteiger partial charge is 0.269 e. The van der Waals surface area contributed by atoms with Crippen LogP contribution in [0.25, 0.3) is 11.1 Å². The molecule has 0 saturated carbocycles. The number of benzene rings is 2. The average Bonchev–Trinajstić information content (AvgIpc) is 2.76. The van der Waals surface area contributed by atoms with E-state index in [1.165, 1.54) is 24.3 Å². The molecule has 0 saturated heterocycles. The third-order valence-corrected chi connectivity index (χ3v) is 4.75. The summed E-state index contributed by atoms with van der Waals surface area (Å²) in [7, 11) is 1.57. The zero-order chi connectivity index (χ0) is 21.8. The summed E-state index contributed by atoms with van der Waals surface area (Å²) in [6.45, 7) is 3.66. The summed E-state index contributed by atoms with van der Waals surface area (Å²) in [6, 6.07) is 14.6. The lowest BCUT2D eigenvalue weighted by Gasteiger charge is -2.15. The topological polar surface area (TPSA) is 118 Å². The van der Waals surface area contributed by atoms with Gasteiger partial charge in [0.15, 0.2) is 5.82 Å². The minimum atomic E-state index is -0.540. The van der Waals surface area contributed by atoms with Crippen LogP contribution in [-0.4, -0.2) is 22.9 Å². The van der Waals surface area contributed by atoms with Crippen LogP contribution < -0.4 is 10.1 Å². The second-order valence-corrected chi connectivity index (χ2v) is 6.52. The monoisotopic (exact) mass is 402 g/mol. The summed E-state index contributed by atoms with van der Waals surface area (Å²) in [6.07, 6.45) is 0. The van der Waals surface area contributed by atoms with Crippen LogP contribution in [0.1, 0.15) is 27.2 Å². The lowest BCUT2D eigenvalue weighted by molar-refractivity contribution is -0.384. The average molecular weight is 402 g/mol. The SMILES string of the molecule is COc1ccc(-c2c(C)c(C)nc(NC(=O)c3ccc([N+](=O)[O-])cc3)c2C#N)cc1. The minimum Gasteiger partial charge on any atom is -0.497 e. The quantitative estimate of drug-likeness (QED) is 0.499. The summed E-state index contributed by atoms with van der Waals surface area (Å²) in [5, 5.41) is 23.3. The number of pyridine rings is 1. The van der Waals surface area contributed by atoms with Gasteiger partial charge in [0.05, 0.1) is 12.0 Å². The Bertz CT molecular complexity index is 1160. The fraction of sp³-hybridized carbons (Fsp3) is 0.136. The lowest BCUT2D eigenvalue weighted by atomic mass is 9.95. The van der Waals surface area contributed by atoms with Crippen LogP contribution in [0.2, 0.25) is 0 Å². The molecule has 0 aliphatic carbocycles. The van der Waals surface area contributed by atoms with Gasteiger partial charge >= 0.3 is 0 Å². The van der Waals surface area contributed by atoms with E-state index < -0.39 is 10.8 Å². The molecule has 0 fully saturated rings. The molecule has 0 aliphatic rings. The predicted molar refractivity (Wildman–Crippen MR) is 111 cm³/mol. The normalized spacial score (nSPS) is 10.2. The summed E-state index contributed by atoms with van der Waals surface area (Å²) < 4.78 is 5.19. The van der Waals surface area contributed by atoms with Gasteiger partial charge in [0, 0.05) is 29.0 Å². The minimum absolute atomic E-state index is 0.115. The first-order valence-corrected chi connectivity index (χ1v) is 8.97. The number of carbonyl (C=O) groups excluding carboxylic acids is 1. The number of non-ortho nitro benzene ring substituents is 1. The highest BCUT2D eigenvalue weighted by Crippen LogP contribution is 2.33. The van der Waals surface area contributed by atoms with Crippen molar-refractivity contribution in [3.05, 3.63) is 81.0 Å². The van der Waals surface area contributed by atoms with Gasteiger partial charge in [0.25, 0.3) is 11.6 Å². The number of ether oxygens (including phenoxy) is 1. The maximum atomic E-state index is 12.6. The van der Waals surface area contributed by atoms with E-state index in [0.717, 1.165) is 11.1 Å². The van der Waals surface area contributed by atoms with Crippen molar-refractivity contribution >= 4 is 17.4 Å². The maximum absolute atomic E-state index is 12.6. The van der Waals surface area contributed by atoms with Crippen molar-refractivity contribution in [3.63, 3.8) is 0 Å². The molecule has 1 amide bonds. The molecule has 0 aliphatic heterocycles. The molecule has 150 valence electrons. The number of methoxy groups -OCH3 is 1. The first-order chi connectivity index (χ1) is 14.3. The molecule has 1 aromatic heterocycles. The van der Waals surface area contributed by atoms with Crippen molar-refractivity contribution in [2.24, 2.45) is 0 Å². The van der Waals surface area contributed by atoms with Gasteiger partial charge < -0.3 is 10.1 Å². The Labute approximate surface area is 172 Å². The molecule has 8 nitrogen and oxygen atoms in total. The molecular formula is C22H18N4O4. The number of amides is 1. The number of nitrogens with one attached hydrogen (secondary N) is 1. The number of aromatic nitrogens is 1. The van der Waals surface area contributed by atoms with Crippen LogP contribution in [0.15, 0.2) is 48.5 Å².